The van der Waals surface area contributed by atoms with Gasteiger partial charge in [0, 0.05) is 5.56 Å². The molecule has 2 aromatic rings. The number of aryl methyl sites for hydroxylation is 1. The summed E-state index contributed by atoms with van der Waals surface area (Å²) in [6.07, 6.45) is 1.77. The number of hydrogen-bond donors (Lipinski definition) is 1. The van der Waals surface area contributed by atoms with E-state index in [2.05, 4.69) is 12.1 Å². The number of ether oxygens (including phenoxy) is 2. The minimum absolute atomic E-state index is 0.301. The van der Waals surface area contributed by atoms with E-state index >= 15 is 0 Å². The highest BCUT2D eigenvalue weighted by Gasteiger charge is 2.19. The number of aromatic nitrogens is 1. The van der Waals surface area contributed by atoms with Crippen molar-refractivity contribution in [3.8, 4) is 22.6 Å². The van der Waals surface area contributed by atoms with Crippen molar-refractivity contribution in [2.45, 2.75) is 19.8 Å². The molecule has 0 spiro atoms. The highest BCUT2D eigenvalue weighted by atomic mass is 16.5. The first-order valence-corrected chi connectivity index (χ1v) is 6.17. The number of rotatable bonds is 5. The number of benzene rings is 1. The van der Waals surface area contributed by atoms with E-state index in [1.807, 2.05) is 18.2 Å². The fraction of sp³-hybridized carbons (Fsp3) is 0.357. The zero-order chi connectivity index (χ0) is 13.8. The normalized spacial score (nSPS) is 10.5. The molecule has 0 unspecified atom stereocenters. The Labute approximate surface area is 112 Å². The lowest BCUT2D eigenvalue weighted by Gasteiger charge is -2.10. The van der Waals surface area contributed by atoms with E-state index in [1.165, 1.54) is 0 Å². The molecule has 5 nitrogen and oxygen atoms in total. The Bertz CT molecular complexity index is 564. The zero-order valence-electron chi connectivity index (χ0n) is 11.4. The number of nitrogen functional groups attached to an aromatic ring is 1. The van der Waals surface area contributed by atoms with Crippen LogP contribution in [0.25, 0.3) is 11.1 Å². The standard InChI is InChI=1S/C14H18N2O3/c1-4-5-11-13(14(15)19-16-11)10-8-9(17-2)6-7-12(10)18-3/h6-8H,4-5,15H2,1-3H3. The molecule has 2 N–H and O–H groups in total. The van der Waals surface area contributed by atoms with Crippen molar-refractivity contribution in [2.24, 2.45) is 0 Å². The van der Waals surface area contributed by atoms with Crippen molar-refractivity contribution in [1.29, 1.82) is 0 Å². The van der Waals surface area contributed by atoms with Gasteiger partial charge in [0.25, 0.3) is 0 Å². The average molecular weight is 262 g/mol. The zero-order valence-corrected chi connectivity index (χ0v) is 11.4. The van der Waals surface area contributed by atoms with Crippen LogP contribution in [0, 0.1) is 0 Å². The Kier molecular flexibility index (Phi) is 3.94. The Morgan fingerprint density at radius 3 is 2.68 bits per heavy atom. The summed E-state index contributed by atoms with van der Waals surface area (Å²) in [4.78, 5) is 0. The van der Waals surface area contributed by atoms with Crippen LogP contribution in [0.4, 0.5) is 5.88 Å². The van der Waals surface area contributed by atoms with Crippen molar-refractivity contribution in [1.82, 2.24) is 5.16 Å². The number of nitrogens with two attached hydrogens (primary N) is 1. The van der Waals surface area contributed by atoms with Gasteiger partial charge in [0.15, 0.2) is 0 Å². The van der Waals surface area contributed by atoms with Gasteiger partial charge in [0.05, 0.1) is 25.5 Å². The quantitative estimate of drug-likeness (QED) is 0.897. The van der Waals surface area contributed by atoms with Gasteiger partial charge in [-0.2, -0.15) is 0 Å². The molecule has 2 rings (SSSR count). The van der Waals surface area contributed by atoms with Gasteiger partial charge in [0.1, 0.15) is 11.5 Å². The fourth-order valence-corrected chi connectivity index (χ4v) is 2.04. The molecular formula is C14H18N2O3. The first-order valence-electron chi connectivity index (χ1n) is 6.17. The Balaban J connectivity index is 2.59. The minimum atomic E-state index is 0.301. The maximum Gasteiger partial charge on any atom is 0.230 e. The van der Waals surface area contributed by atoms with Crippen LogP contribution in [0.5, 0.6) is 11.5 Å². The molecule has 1 aromatic heterocycles. The second-order valence-electron chi connectivity index (χ2n) is 4.18. The van der Waals surface area contributed by atoms with Crippen LogP contribution in [0.1, 0.15) is 19.0 Å². The molecule has 0 saturated heterocycles. The van der Waals surface area contributed by atoms with E-state index in [0.29, 0.717) is 11.6 Å². The van der Waals surface area contributed by atoms with E-state index in [9.17, 15) is 0 Å². The van der Waals surface area contributed by atoms with E-state index in [0.717, 1.165) is 35.4 Å². The molecule has 0 saturated carbocycles. The topological polar surface area (TPSA) is 70.5 Å². The Morgan fingerprint density at radius 2 is 2.05 bits per heavy atom. The largest absolute Gasteiger partial charge is 0.497 e. The van der Waals surface area contributed by atoms with Crippen molar-refractivity contribution >= 4 is 5.88 Å². The lowest BCUT2D eigenvalue weighted by Crippen LogP contribution is -1.95. The summed E-state index contributed by atoms with van der Waals surface area (Å²) < 4.78 is 15.7. The average Bonchev–Trinajstić information content (AvgIpc) is 2.79. The van der Waals surface area contributed by atoms with E-state index < -0.39 is 0 Å². The van der Waals surface area contributed by atoms with Crippen molar-refractivity contribution < 1.29 is 14.0 Å². The van der Waals surface area contributed by atoms with Gasteiger partial charge in [0.2, 0.25) is 5.88 Å². The molecule has 0 amide bonds. The van der Waals surface area contributed by atoms with E-state index in [1.54, 1.807) is 14.2 Å². The van der Waals surface area contributed by atoms with Crippen LogP contribution >= 0.6 is 0 Å². The summed E-state index contributed by atoms with van der Waals surface area (Å²) in [6, 6.07) is 5.56. The molecular weight excluding hydrogens is 244 g/mol. The first kappa shape index (κ1) is 13.3. The predicted octanol–water partition coefficient (Wildman–Crippen LogP) is 2.89. The summed E-state index contributed by atoms with van der Waals surface area (Å²) >= 11 is 0. The summed E-state index contributed by atoms with van der Waals surface area (Å²) in [5.74, 6) is 1.75. The predicted molar refractivity (Wildman–Crippen MR) is 73.5 cm³/mol. The van der Waals surface area contributed by atoms with E-state index in [-0.39, 0.29) is 0 Å². The first-order chi connectivity index (χ1) is 9.21. The second kappa shape index (κ2) is 5.65. The van der Waals surface area contributed by atoms with Crippen LogP contribution in [0.2, 0.25) is 0 Å². The second-order valence-corrected chi connectivity index (χ2v) is 4.18. The van der Waals surface area contributed by atoms with Crippen LogP contribution in [0.3, 0.4) is 0 Å². The van der Waals surface area contributed by atoms with Gasteiger partial charge in [-0.3, -0.25) is 0 Å². The molecule has 102 valence electrons. The van der Waals surface area contributed by atoms with Crippen LogP contribution < -0.4 is 15.2 Å². The molecule has 0 aliphatic rings. The number of methoxy groups -OCH3 is 2. The molecule has 19 heavy (non-hydrogen) atoms. The summed E-state index contributed by atoms with van der Waals surface area (Å²) in [5, 5.41) is 4.02. The highest BCUT2D eigenvalue weighted by Crippen LogP contribution is 2.38. The van der Waals surface area contributed by atoms with E-state index in [4.69, 9.17) is 19.7 Å². The molecule has 0 atom stereocenters. The Morgan fingerprint density at radius 1 is 1.26 bits per heavy atom. The molecule has 1 aromatic carbocycles. The maximum atomic E-state index is 5.89. The summed E-state index contributed by atoms with van der Waals surface area (Å²) in [5.41, 5.74) is 8.36. The van der Waals surface area contributed by atoms with Crippen molar-refractivity contribution in [3.05, 3.63) is 23.9 Å². The third-order valence-electron chi connectivity index (χ3n) is 2.95. The van der Waals surface area contributed by atoms with Crippen LogP contribution in [0.15, 0.2) is 22.7 Å². The third kappa shape index (κ3) is 2.50. The number of nitrogens with zero attached hydrogens (tertiary/aromatic N) is 1. The lowest BCUT2D eigenvalue weighted by atomic mass is 10.0. The van der Waals surface area contributed by atoms with Crippen molar-refractivity contribution in [2.75, 3.05) is 20.0 Å². The maximum absolute atomic E-state index is 5.89. The molecule has 0 radical (unpaired) electrons. The van der Waals surface area contributed by atoms with Gasteiger partial charge in [-0.1, -0.05) is 18.5 Å². The molecule has 0 fully saturated rings. The van der Waals surface area contributed by atoms with Gasteiger partial charge in [-0.15, -0.1) is 0 Å². The van der Waals surface area contributed by atoms with Crippen LogP contribution in [-0.2, 0) is 6.42 Å². The smallest absolute Gasteiger partial charge is 0.230 e. The minimum Gasteiger partial charge on any atom is -0.497 e. The third-order valence-corrected chi connectivity index (χ3v) is 2.95. The summed E-state index contributed by atoms with van der Waals surface area (Å²) in [6.45, 7) is 2.08. The number of hydrogen-bond acceptors (Lipinski definition) is 5. The van der Waals surface area contributed by atoms with Gasteiger partial charge in [-0.25, -0.2) is 0 Å². The van der Waals surface area contributed by atoms with Gasteiger partial charge in [-0.05, 0) is 24.6 Å². The van der Waals surface area contributed by atoms with Gasteiger partial charge >= 0.3 is 0 Å². The molecule has 0 bridgehead atoms. The summed E-state index contributed by atoms with van der Waals surface area (Å²) in [7, 11) is 3.24. The van der Waals surface area contributed by atoms with Gasteiger partial charge < -0.3 is 19.7 Å². The highest BCUT2D eigenvalue weighted by molar-refractivity contribution is 5.80. The number of anilines is 1. The molecule has 1 heterocycles. The molecule has 5 heteroatoms. The Hall–Kier alpha value is -2.17. The fourth-order valence-electron chi connectivity index (χ4n) is 2.04. The van der Waals surface area contributed by atoms with Crippen LogP contribution in [-0.4, -0.2) is 19.4 Å². The van der Waals surface area contributed by atoms with Crippen molar-refractivity contribution in [3.63, 3.8) is 0 Å². The lowest BCUT2D eigenvalue weighted by molar-refractivity contribution is 0.404. The monoisotopic (exact) mass is 262 g/mol. The molecule has 0 aliphatic carbocycles. The SMILES string of the molecule is CCCc1noc(N)c1-c1cc(OC)ccc1OC. The molecule has 0 aliphatic heterocycles.